The van der Waals surface area contributed by atoms with E-state index >= 15 is 0 Å². The van der Waals surface area contributed by atoms with Gasteiger partial charge in [-0.3, -0.25) is 0 Å². The molecule has 19 heavy (non-hydrogen) atoms. The monoisotopic (exact) mass is 274 g/mol. The first-order valence-corrected chi connectivity index (χ1v) is 7.72. The summed E-state index contributed by atoms with van der Waals surface area (Å²) in [7, 11) is 0. The normalized spacial score (nSPS) is 10.6. The van der Waals surface area contributed by atoms with Gasteiger partial charge in [-0.1, -0.05) is 13.8 Å². The van der Waals surface area contributed by atoms with E-state index < -0.39 is 0 Å². The predicted octanol–water partition coefficient (Wildman–Crippen LogP) is 4.31. The van der Waals surface area contributed by atoms with Crippen molar-refractivity contribution in [3.8, 4) is 0 Å². The first-order valence-electron chi connectivity index (χ1n) is 6.91. The number of rotatable bonds is 6. The Morgan fingerprint density at radius 2 is 1.68 bits per heavy atom. The summed E-state index contributed by atoms with van der Waals surface area (Å²) in [5.74, 6) is 0. The van der Waals surface area contributed by atoms with E-state index in [2.05, 4.69) is 43.0 Å². The zero-order valence-corrected chi connectivity index (χ0v) is 12.5. The molecule has 0 fully saturated rings. The van der Waals surface area contributed by atoms with Crippen molar-refractivity contribution in [3.63, 3.8) is 0 Å². The molecule has 2 aromatic rings. The Hall–Kier alpha value is -1.48. The molecule has 0 amide bonds. The summed E-state index contributed by atoms with van der Waals surface area (Å²) >= 11 is 1.92. The third-order valence-electron chi connectivity index (χ3n) is 3.16. The average molecular weight is 274 g/mol. The van der Waals surface area contributed by atoms with Crippen molar-refractivity contribution in [1.29, 1.82) is 0 Å². The molecule has 2 N–H and O–H groups in total. The molecule has 0 saturated heterocycles. The lowest BCUT2D eigenvalue weighted by molar-refractivity contribution is 0.774. The van der Waals surface area contributed by atoms with Gasteiger partial charge in [-0.25, -0.2) is 0 Å². The quantitative estimate of drug-likeness (QED) is 0.795. The van der Waals surface area contributed by atoms with Crippen LogP contribution < -0.4 is 10.6 Å². The van der Waals surface area contributed by atoms with Crippen molar-refractivity contribution in [3.05, 3.63) is 46.2 Å². The average Bonchev–Trinajstić information content (AvgIpc) is 2.87. The fourth-order valence-electron chi connectivity index (χ4n) is 2.14. The fraction of sp³-hybridized carbons (Fsp3) is 0.375. The van der Waals surface area contributed by atoms with E-state index in [-0.39, 0.29) is 0 Å². The Balaban J connectivity index is 2.13. The van der Waals surface area contributed by atoms with E-state index in [1.807, 2.05) is 23.5 Å². The van der Waals surface area contributed by atoms with Crippen molar-refractivity contribution in [2.75, 3.05) is 17.2 Å². The highest BCUT2D eigenvalue weighted by molar-refractivity contribution is 7.12. The van der Waals surface area contributed by atoms with E-state index in [1.165, 1.54) is 15.4 Å². The fourth-order valence-corrected chi connectivity index (χ4v) is 3.11. The van der Waals surface area contributed by atoms with Gasteiger partial charge in [-0.2, -0.15) is 0 Å². The third kappa shape index (κ3) is 3.74. The first-order chi connectivity index (χ1) is 9.22. The van der Waals surface area contributed by atoms with Gasteiger partial charge in [0.25, 0.3) is 0 Å². The summed E-state index contributed by atoms with van der Waals surface area (Å²) in [5, 5.41) is 0. The molecule has 1 aromatic carbocycles. The number of nitrogen functional groups attached to an aromatic ring is 1. The van der Waals surface area contributed by atoms with Crippen LogP contribution in [0.5, 0.6) is 0 Å². The highest BCUT2D eigenvalue weighted by Gasteiger charge is 2.08. The minimum absolute atomic E-state index is 0.824. The van der Waals surface area contributed by atoms with Gasteiger partial charge in [-0.05, 0) is 49.2 Å². The summed E-state index contributed by atoms with van der Waals surface area (Å²) in [6, 6.07) is 12.7. The zero-order chi connectivity index (χ0) is 13.7. The van der Waals surface area contributed by atoms with Crippen molar-refractivity contribution in [2.45, 2.75) is 33.2 Å². The zero-order valence-electron chi connectivity index (χ0n) is 11.7. The van der Waals surface area contributed by atoms with Crippen LogP contribution in [-0.4, -0.2) is 6.54 Å². The van der Waals surface area contributed by atoms with Crippen molar-refractivity contribution in [2.24, 2.45) is 0 Å². The molecule has 0 saturated carbocycles. The first kappa shape index (κ1) is 13.9. The Kier molecular flexibility index (Phi) is 4.86. The molecular formula is C16H22N2S. The van der Waals surface area contributed by atoms with Gasteiger partial charge >= 0.3 is 0 Å². The second kappa shape index (κ2) is 6.62. The van der Waals surface area contributed by atoms with Gasteiger partial charge in [0.1, 0.15) is 0 Å². The van der Waals surface area contributed by atoms with Crippen LogP contribution in [-0.2, 0) is 13.0 Å². The largest absolute Gasteiger partial charge is 0.399 e. The second-order valence-electron chi connectivity index (χ2n) is 4.73. The Morgan fingerprint density at radius 1 is 1.00 bits per heavy atom. The number of anilines is 2. The van der Waals surface area contributed by atoms with Crippen molar-refractivity contribution >= 4 is 22.7 Å². The van der Waals surface area contributed by atoms with Gasteiger partial charge in [0, 0.05) is 27.7 Å². The molecule has 3 heteroatoms. The number of hydrogen-bond acceptors (Lipinski definition) is 3. The van der Waals surface area contributed by atoms with Gasteiger partial charge in [0.2, 0.25) is 0 Å². The Labute approximate surface area is 119 Å². The van der Waals surface area contributed by atoms with Crippen LogP contribution in [0.3, 0.4) is 0 Å². The van der Waals surface area contributed by atoms with Crippen LogP contribution in [0.1, 0.15) is 30.0 Å². The van der Waals surface area contributed by atoms with Gasteiger partial charge in [-0.15, -0.1) is 11.3 Å². The lowest BCUT2D eigenvalue weighted by atomic mass is 10.2. The van der Waals surface area contributed by atoms with Crippen molar-refractivity contribution < 1.29 is 0 Å². The number of thiophene rings is 1. The number of aryl methyl sites for hydroxylation is 1. The van der Waals surface area contributed by atoms with E-state index in [1.54, 1.807) is 0 Å². The lowest BCUT2D eigenvalue weighted by Gasteiger charge is -2.23. The molecule has 2 rings (SSSR count). The summed E-state index contributed by atoms with van der Waals surface area (Å²) in [5.41, 5.74) is 7.83. The molecule has 2 nitrogen and oxygen atoms in total. The maximum Gasteiger partial charge on any atom is 0.0522 e. The van der Waals surface area contributed by atoms with Gasteiger partial charge in [0.15, 0.2) is 0 Å². The maximum absolute atomic E-state index is 5.76. The molecule has 0 bridgehead atoms. The van der Waals surface area contributed by atoms with Crippen LogP contribution >= 0.6 is 11.3 Å². The predicted molar refractivity (Wildman–Crippen MR) is 85.9 cm³/mol. The summed E-state index contributed by atoms with van der Waals surface area (Å²) in [6.45, 7) is 6.49. The van der Waals surface area contributed by atoms with E-state index in [0.29, 0.717) is 0 Å². The molecule has 102 valence electrons. The maximum atomic E-state index is 5.76. The highest BCUT2D eigenvalue weighted by Crippen LogP contribution is 2.23. The summed E-state index contributed by atoms with van der Waals surface area (Å²) < 4.78 is 0. The smallest absolute Gasteiger partial charge is 0.0522 e. The molecule has 1 heterocycles. The van der Waals surface area contributed by atoms with Crippen LogP contribution in [0.25, 0.3) is 0 Å². The summed E-state index contributed by atoms with van der Waals surface area (Å²) in [6.07, 6.45) is 2.27. The van der Waals surface area contributed by atoms with Gasteiger partial charge in [0.05, 0.1) is 6.54 Å². The number of hydrogen-bond donors (Lipinski definition) is 1. The summed E-state index contributed by atoms with van der Waals surface area (Å²) in [4.78, 5) is 5.32. The van der Waals surface area contributed by atoms with E-state index in [9.17, 15) is 0 Å². The second-order valence-corrected chi connectivity index (χ2v) is 5.99. The molecule has 0 aliphatic carbocycles. The Morgan fingerprint density at radius 3 is 2.26 bits per heavy atom. The van der Waals surface area contributed by atoms with Crippen LogP contribution in [0.4, 0.5) is 11.4 Å². The topological polar surface area (TPSA) is 29.3 Å². The minimum Gasteiger partial charge on any atom is -0.399 e. The Bertz CT molecular complexity index is 502. The molecule has 0 aliphatic heterocycles. The van der Waals surface area contributed by atoms with Crippen LogP contribution in [0.15, 0.2) is 36.4 Å². The van der Waals surface area contributed by atoms with E-state index in [4.69, 9.17) is 5.73 Å². The van der Waals surface area contributed by atoms with E-state index in [0.717, 1.165) is 31.6 Å². The number of benzene rings is 1. The van der Waals surface area contributed by atoms with Crippen molar-refractivity contribution in [1.82, 2.24) is 0 Å². The molecule has 0 atom stereocenters. The third-order valence-corrected chi connectivity index (χ3v) is 4.38. The van der Waals surface area contributed by atoms with Crippen LogP contribution in [0.2, 0.25) is 0 Å². The minimum atomic E-state index is 0.824. The molecule has 0 spiro atoms. The molecular weight excluding hydrogens is 252 g/mol. The standard InChI is InChI=1S/C16H22N2S/c1-3-11-18(14-7-5-13(17)6-8-14)12-16-10-9-15(4-2)19-16/h5-10H,3-4,11-12,17H2,1-2H3. The molecule has 0 unspecified atom stereocenters. The number of nitrogens with two attached hydrogens (primary N) is 1. The van der Waals surface area contributed by atoms with Gasteiger partial charge < -0.3 is 10.6 Å². The van der Waals surface area contributed by atoms with Crippen LogP contribution in [0, 0.1) is 0 Å². The number of nitrogens with zero attached hydrogens (tertiary/aromatic N) is 1. The molecule has 0 radical (unpaired) electrons. The molecule has 1 aromatic heterocycles. The molecule has 0 aliphatic rings. The SMILES string of the molecule is CCCN(Cc1ccc(CC)s1)c1ccc(N)cc1. The highest BCUT2D eigenvalue weighted by atomic mass is 32.1. The lowest BCUT2D eigenvalue weighted by Crippen LogP contribution is -2.22.